The summed E-state index contributed by atoms with van der Waals surface area (Å²) in [5.41, 5.74) is 0.868. The molecule has 0 unspecified atom stereocenters. The minimum atomic E-state index is -0.299. The van der Waals surface area contributed by atoms with Crippen LogP contribution in [0.5, 0.6) is 0 Å². The molecule has 1 aliphatic heterocycles. The van der Waals surface area contributed by atoms with Crippen molar-refractivity contribution in [2.24, 2.45) is 0 Å². The lowest BCUT2D eigenvalue weighted by Gasteiger charge is -2.38. The molecule has 1 aliphatic rings. The molecular formula is C21H31N3O4. The normalized spacial score (nSPS) is 14.5. The summed E-state index contributed by atoms with van der Waals surface area (Å²) < 4.78 is 5.04. The Morgan fingerprint density at radius 3 is 2.29 bits per heavy atom. The van der Waals surface area contributed by atoms with Gasteiger partial charge in [-0.05, 0) is 38.8 Å². The first kappa shape index (κ1) is 21.7. The number of nitrogens with zero attached hydrogens (tertiary/aromatic N) is 3. The van der Waals surface area contributed by atoms with E-state index in [2.05, 4.69) is 0 Å². The Kier molecular flexibility index (Phi) is 8.29. The maximum atomic E-state index is 12.7. The van der Waals surface area contributed by atoms with E-state index < -0.39 is 0 Å². The molecule has 1 fully saturated rings. The molecule has 0 atom stereocenters. The van der Waals surface area contributed by atoms with Gasteiger partial charge in [0.15, 0.2) is 0 Å². The van der Waals surface area contributed by atoms with Gasteiger partial charge in [-0.2, -0.15) is 0 Å². The second kappa shape index (κ2) is 10.7. The van der Waals surface area contributed by atoms with E-state index in [-0.39, 0.29) is 30.4 Å². The van der Waals surface area contributed by atoms with Crippen LogP contribution in [0.3, 0.4) is 0 Å². The molecule has 3 amide bonds. The van der Waals surface area contributed by atoms with E-state index in [1.54, 1.807) is 21.6 Å². The smallest absolute Gasteiger partial charge is 0.409 e. The number of likely N-dealkylation sites (tertiary alicyclic amines) is 1. The average molecular weight is 389 g/mol. The molecule has 7 nitrogen and oxygen atoms in total. The van der Waals surface area contributed by atoms with Crippen molar-refractivity contribution >= 4 is 23.6 Å². The van der Waals surface area contributed by atoms with Gasteiger partial charge in [-0.15, -0.1) is 0 Å². The van der Waals surface area contributed by atoms with E-state index in [1.165, 1.54) is 6.92 Å². The highest BCUT2D eigenvalue weighted by molar-refractivity contribution is 5.93. The number of amides is 3. The fourth-order valence-corrected chi connectivity index (χ4v) is 3.63. The van der Waals surface area contributed by atoms with E-state index in [9.17, 15) is 14.4 Å². The van der Waals surface area contributed by atoms with Crippen molar-refractivity contribution in [3.8, 4) is 0 Å². The second-order valence-corrected chi connectivity index (χ2v) is 6.85. The second-order valence-electron chi connectivity index (χ2n) is 6.85. The average Bonchev–Trinajstić information content (AvgIpc) is 2.70. The van der Waals surface area contributed by atoms with Crippen LogP contribution in [0.1, 0.15) is 40.0 Å². The number of ether oxygens (including phenoxy) is 1. The molecule has 0 spiro atoms. The van der Waals surface area contributed by atoms with Crippen molar-refractivity contribution in [2.75, 3.05) is 37.7 Å². The molecule has 0 aromatic heterocycles. The van der Waals surface area contributed by atoms with Crippen LogP contribution < -0.4 is 4.90 Å². The Bertz CT molecular complexity index is 657. The summed E-state index contributed by atoms with van der Waals surface area (Å²) >= 11 is 0. The van der Waals surface area contributed by atoms with Gasteiger partial charge < -0.3 is 19.4 Å². The van der Waals surface area contributed by atoms with Crippen LogP contribution in [0.25, 0.3) is 0 Å². The summed E-state index contributed by atoms with van der Waals surface area (Å²) in [6.07, 6.45) is 1.37. The van der Waals surface area contributed by atoms with Crippen LogP contribution in [0.4, 0.5) is 10.5 Å². The lowest BCUT2D eigenvalue weighted by molar-refractivity contribution is -0.132. The zero-order chi connectivity index (χ0) is 20.5. The van der Waals surface area contributed by atoms with Crippen LogP contribution >= 0.6 is 0 Å². The van der Waals surface area contributed by atoms with Gasteiger partial charge in [-0.25, -0.2) is 4.79 Å². The van der Waals surface area contributed by atoms with Gasteiger partial charge in [0.2, 0.25) is 11.8 Å². The zero-order valence-corrected chi connectivity index (χ0v) is 17.1. The number of piperidine rings is 1. The summed E-state index contributed by atoms with van der Waals surface area (Å²) in [6.45, 7) is 7.72. The van der Waals surface area contributed by atoms with Crippen LogP contribution in [-0.4, -0.2) is 66.5 Å². The SMILES string of the molecule is CCOC(=O)N1CCC(N(CCC(=O)N(CC)c2ccccc2)C(C)=O)CC1. The van der Waals surface area contributed by atoms with Gasteiger partial charge >= 0.3 is 6.09 Å². The lowest BCUT2D eigenvalue weighted by atomic mass is 10.0. The predicted molar refractivity (Wildman–Crippen MR) is 108 cm³/mol. The predicted octanol–water partition coefficient (Wildman–Crippen LogP) is 2.90. The van der Waals surface area contributed by atoms with Crippen molar-refractivity contribution < 1.29 is 19.1 Å². The van der Waals surface area contributed by atoms with Gasteiger partial charge in [0.1, 0.15) is 0 Å². The highest BCUT2D eigenvalue weighted by Gasteiger charge is 2.29. The summed E-state index contributed by atoms with van der Waals surface area (Å²) in [5.74, 6) is -0.0333. The Labute approximate surface area is 167 Å². The minimum Gasteiger partial charge on any atom is -0.450 e. The molecule has 0 aliphatic carbocycles. The van der Waals surface area contributed by atoms with E-state index >= 15 is 0 Å². The maximum absolute atomic E-state index is 12.7. The molecule has 1 aromatic carbocycles. The fraction of sp³-hybridized carbons (Fsp3) is 0.571. The molecule has 28 heavy (non-hydrogen) atoms. The molecule has 0 radical (unpaired) electrons. The zero-order valence-electron chi connectivity index (χ0n) is 17.1. The molecule has 2 rings (SSSR count). The summed E-state index contributed by atoms with van der Waals surface area (Å²) in [6, 6.07) is 9.60. The van der Waals surface area contributed by atoms with Crippen LogP contribution in [0.2, 0.25) is 0 Å². The number of carbonyl (C=O) groups excluding carboxylic acids is 3. The Morgan fingerprint density at radius 2 is 1.75 bits per heavy atom. The number of benzene rings is 1. The lowest BCUT2D eigenvalue weighted by Crippen LogP contribution is -2.49. The van der Waals surface area contributed by atoms with Gasteiger partial charge in [0, 0.05) is 51.3 Å². The summed E-state index contributed by atoms with van der Waals surface area (Å²) in [7, 11) is 0. The molecular weight excluding hydrogens is 358 g/mol. The molecule has 1 aromatic rings. The minimum absolute atomic E-state index is 0.00362. The van der Waals surface area contributed by atoms with Crippen molar-refractivity contribution in [3.05, 3.63) is 30.3 Å². The molecule has 1 heterocycles. The largest absolute Gasteiger partial charge is 0.450 e. The third kappa shape index (κ3) is 5.71. The summed E-state index contributed by atoms with van der Waals surface area (Å²) in [5, 5.41) is 0. The molecule has 0 bridgehead atoms. The van der Waals surface area contributed by atoms with Gasteiger partial charge in [0.05, 0.1) is 6.61 Å². The number of para-hydroxylation sites is 1. The summed E-state index contributed by atoms with van der Waals surface area (Å²) in [4.78, 5) is 41.9. The highest BCUT2D eigenvalue weighted by atomic mass is 16.6. The Balaban J connectivity index is 1.92. The standard InChI is InChI=1S/C21H31N3O4/c1-4-23(18-9-7-6-8-10-18)20(26)13-16-24(17(3)25)19-11-14-22(15-12-19)21(27)28-5-2/h6-10,19H,4-5,11-16H2,1-3H3. The van der Waals surface area contributed by atoms with Crippen molar-refractivity contribution in [1.82, 2.24) is 9.80 Å². The van der Waals surface area contributed by atoms with Crippen LogP contribution in [-0.2, 0) is 14.3 Å². The van der Waals surface area contributed by atoms with Gasteiger partial charge in [0.25, 0.3) is 0 Å². The van der Waals surface area contributed by atoms with Crippen LogP contribution in [0, 0.1) is 0 Å². The monoisotopic (exact) mass is 389 g/mol. The number of hydrogen-bond acceptors (Lipinski definition) is 4. The van der Waals surface area contributed by atoms with Gasteiger partial charge in [-0.3, -0.25) is 9.59 Å². The molecule has 7 heteroatoms. The topological polar surface area (TPSA) is 70.2 Å². The molecule has 0 saturated carbocycles. The molecule has 0 N–H and O–H groups in total. The number of rotatable bonds is 7. The van der Waals surface area contributed by atoms with E-state index in [1.807, 2.05) is 37.3 Å². The van der Waals surface area contributed by atoms with Crippen LogP contribution in [0.15, 0.2) is 30.3 Å². The third-order valence-electron chi connectivity index (χ3n) is 5.09. The van der Waals surface area contributed by atoms with Crippen molar-refractivity contribution in [1.29, 1.82) is 0 Å². The van der Waals surface area contributed by atoms with E-state index in [0.717, 1.165) is 5.69 Å². The first-order valence-corrected chi connectivity index (χ1v) is 10.0. The number of hydrogen-bond donors (Lipinski definition) is 0. The molecule has 154 valence electrons. The highest BCUT2D eigenvalue weighted by Crippen LogP contribution is 2.19. The van der Waals surface area contributed by atoms with E-state index in [4.69, 9.17) is 4.74 Å². The van der Waals surface area contributed by atoms with Crippen molar-refractivity contribution in [2.45, 2.75) is 46.1 Å². The Hall–Kier alpha value is -2.57. The number of anilines is 1. The van der Waals surface area contributed by atoms with E-state index in [0.29, 0.717) is 45.6 Å². The molecule has 1 saturated heterocycles. The number of carbonyl (C=O) groups is 3. The first-order valence-electron chi connectivity index (χ1n) is 10.0. The van der Waals surface area contributed by atoms with Gasteiger partial charge in [-0.1, -0.05) is 18.2 Å². The Morgan fingerprint density at radius 1 is 1.11 bits per heavy atom. The quantitative estimate of drug-likeness (QED) is 0.719. The third-order valence-corrected chi connectivity index (χ3v) is 5.09. The fourth-order valence-electron chi connectivity index (χ4n) is 3.63. The van der Waals surface area contributed by atoms with Crippen molar-refractivity contribution in [3.63, 3.8) is 0 Å². The first-order chi connectivity index (χ1) is 13.5. The maximum Gasteiger partial charge on any atom is 0.409 e.